The van der Waals surface area contributed by atoms with Crippen molar-refractivity contribution in [2.45, 2.75) is 20.3 Å². The molecular weight excluding hydrogens is 373 g/mol. The Morgan fingerprint density at radius 2 is 1.41 bits per heavy atom. The number of aryl methyl sites for hydroxylation is 2. The molecule has 4 rings (SSSR count). The van der Waals surface area contributed by atoms with Crippen LogP contribution in [0, 0.1) is 13.8 Å². The molecule has 0 atom stereocenters. The quantitative estimate of drug-likeness (QED) is 0.354. The van der Waals surface area contributed by atoms with Crippen molar-refractivity contribution in [3.05, 3.63) is 99.2 Å². The van der Waals surface area contributed by atoms with Crippen LogP contribution in [0.5, 0.6) is 0 Å². The molecule has 0 amide bonds. The van der Waals surface area contributed by atoms with E-state index >= 15 is 0 Å². The fraction of sp³-hybridized carbons (Fsp3) is 0.125. The van der Waals surface area contributed by atoms with E-state index in [0.717, 1.165) is 38.8 Å². The van der Waals surface area contributed by atoms with Crippen LogP contribution >= 0.6 is 23.2 Å². The Kier molecular flexibility index (Phi) is 4.90. The van der Waals surface area contributed by atoms with Crippen LogP contribution in [0.1, 0.15) is 22.4 Å². The molecule has 0 aliphatic rings. The van der Waals surface area contributed by atoms with Gasteiger partial charge in [-0.15, -0.1) is 0 Å². The van der Waals surface area contributed by atoms with E-state index in [2.05, 4.69) is 56.3 Å². The largest absolute Gasteiger partial charge is 0.252 e. The average molecular weight is 392 g/mol. The molecule has 1 nitrogen and oxygen atoms in total. The number of benzene rings is 3. The van der Waals surface area contributed by atoms with E-state index in [-0.39, 0.29) is 0 Å². The number of fused-ring (bicyclic) bond motifs is 1. The Morgan fingerprint density at radius 1 is 0.778 bits per heavy atom. The zero-order valence-corrected chi connectivity index (χ0v) is 16.8. The summed E-state index contributed by atoms with van der Waals surface area (Å²) in [5.41, 5.74) is 8.01. The number of hydrogen-bond acceptors (Lipinski definition) is 1. The lowest BCUT2D eigenvalue weighted by Gasteiger charge is -2.14. The molecule has 1 heterocycles. The molecule has 0 aliphatic heterocycles. The van der Waals surface area contributed by atoms with Crippen LogP contribution in [0.2, 0.25) is 10.0 Å². The lowest BCUT2D eigenvalue weighted by molar-refractivity contribution is 1.10. The summed E-state index contributed by atoms with van der Waals surface area (Å²) < 4.78 is 0. The second kappa shape index (κ2) is 7.34. The number of aromatic nitrogens is 1. The van der Waals surface area contributed by atoms with E-state index in [1.165, 1.54) is 22.1 Å². The zero-order valence-electron chi connectivity index (χ0n) is 15.3. The predicted octanol–water partition coefficient (Wildman–Crippen LogP) is 7.42. The lowest BCUT2D eigenvalue weighted by Crippen LogP contribution is -1.98. The maximum Gasteiger partial charge on any atom is 0.0711 e. The van der Waals surface area contributed by atoms with Gasteiger partial charge in [-0.05, 0) is 72.5 Å². The first kappa shape index (κ1) is 18.0. The molecule has 134 valence electrons. The Morgan fingerprint density at radius 3 is 2.07 bits per heavy atom. The summed E-state index contributed by atoms with van der Waals surface area (Å²) in [6.07, 6.45) is 0.748. The van der Waals surface area contributed by atoms with Crippen molar-refractivity contribution < 1.29 is 0 Å². The molecule has 0 bridgehead atoms. The molecule has 0 spiro atoms. The summed E-state index contributed by atoms with van der Waals surface area (Å²) in [5, 5.41) is 2.67. The van der Waals surface area contributed by atoms with E-state index in [0.29, 0.717) is 0 Å². The highest BCUT2D eigenvalue weighted by atomic mass is 35.5. The second-order valence-electron chi connectivity index (χ2n) is 6.94. The number of pyridine rings is 1. The van der Waals surface area contributed by atoms with Crippen LogP contribution in [-0.4, -0.2) is 4.98 Å². The van der Waals surface area contributed by atoms with Crippen LogP contribution in [0.3, 0.4) is 0 Å². The molecule has 3 heteroatoms. The third-order valence-electron chi connectivity index (χ3n) is 4.80. The minimum atomic E-state index is 0.735. The molecule has 4 aromatic rings. The van der Waals surface area contributed by atoms with Gasteiger partial charge < -0.3 is 0 Å². The predicted molar refractivity (Wildman–Crippen MR) is 116 cm³/mol. The van der Waals surface area contributed by atoms with Gasteiger partial charge in [0.25, 0.3) is 0 Å². The molecule has 0 unspecified atom stereocenters. The van der Waals surface area contributed by atoms with Gasteiger partial charge in [0.05, 0.1) is 11.2 Å². The van der Waals surface area contributed by atoms with Crippen molar-refractivity contribution in [3.8, 4) is 11.1 Å². The van der Waals surface area contributed by atoms with Crippen molar-refractivity contribution in [1.82, 2.24) is 4.98 Å². The summed E-state index contributed by atoms with van der Waals surface area (Å²) in [5.74, 6) is 0. The van der Waals surface area contributed by atoms with Gasteiger partial charge in [-0.1, -0.05) is 53.5 Å². The maximum absolute atomic E-state index is 6.09. The van der Waals surface area contributed by atoms with Gasteiger partial charge in [0.15, 0.2) is 0 Å². The molecule has 27 heavy (non-hydrogen) atoms. The Bertz CT molecular complexity index is 1110. The normalized spacial score (nSPS) is 11.1. The van der Waals surface area contributed by atoms with E-state index in [1.54, 1.807) is 0 Å². The third kappa shape index (κ3) is 3.85. The SMILES string of the molecule is Cc1cc(C)c2cc(-c3ccc(Cl)cc3)c(Cc3ccc(Cl)cc3)nc2c1. The second-order valence-corrected chi connectivity index (χ2v) is 7.81. The van der Waals surface area contributed by atoms with Crippen molar-refractivity contribution in [1.29, 1.82) is 0 Å². The molecular formula is C24H19Cl2N. The Hall–Kier alpha value is -2.35. The highest BCUT2D eigenvalue weighted by Crippen LogP contribution is 2.31. The average Bonchev–Trinajstić information content (AvgIpc) is 2.64. The summed E-state index contributed by atoms with van der Waals surface area (Å²) in [6.45, 7) is 4.25. The van der Waals surface area contributed by atoms with Crippen molar-refractivity contribution >= 4 is 34.1 Å². The molecule has 0 aliphatic carbocycles. The molecule has 0 fully saturated rings. The topological polar surface area (TPSA) is 12.9 Å². The highest BCUT2D eigenvalue weighted by Gasteiger charge is 2.12. The van der Waals surface area contributed by atoms with Crippen molar-refractivity contribution in [2.24, 2.45) is 0 Å². The summed E-state index contributed by atoms with van der Waals surface area (Å²) in [6, 6.07) is 22.5. The minimum absolute atomic E-state index is 0.735. The van der Waals surface area contributed by atoms with Crippen molar-refractivity contribution in [3.63, 3.8) is 0 Å². The van der Waals surface area contributed by atoms with Gasteiger partial charge >= 0.3 is 0 Å². The van der Waals surface area contributed by atoms with E-state index in [9.17, 15) is 0 Å². The number of nitrogens with zero attached hydrogens (tertiary/aromatic N) is 1. The maximum atomic E-state index is 6.09. The van der Waals surface area contributed by atoms with Gasteiger partial charge in [0, 0.05) is 27.4 Å². The molecule has 0 N–H and O–H groups in total. The first-order valence-corrected chi connectivity index (χ1v) is 9.66. The third-order valence-corrected chi connectivity index (χ3v) is 5.31. The van der Waals surface area contributed by atoms with Gasteiger partial charge in [0.1, 0.15) is 0 Å². The minimum Gasteiger partial charge on any atom is -0.252 e. The van der Waals surface area contributed by atoms with Crippen LogP contribution in [-0.2, 0) is 6.42 Å². The lowest BCUT2D eigenvalue weighted by atomic mass is 9.96. The highest BCUT2D eigenvalue weighted by molar-refractivity contribution is 6.30. The summed E-state index contributed by atoms with van der Waals surface area (Å²) in [4.78, 5) is 5.05. The number of halogens is 2. The fourth-order valence-electron chi connectivity index (χ4n) is 3.48. The number of rotatable bonds is 3. The van der Waals surface area contributed by atoms with E-state index in [1.807, 2.05) is 24.3 Å². The fourth-order valence-corrected chi connectivity index (χ4v) is 3.73. The summed E-state index contributed by atoms with van der Waals surface area (Å²) in [7, 11) is 0. The van der Waals surface area contributed by atoms with Crippen molar-refractivity contribution in [2.75, 3.05) is 0 Å². The molecule has 0 saturated heterocycles. The van der Waals surface area contributed by atoms with Gasteiger partial charge in [0.2, 0.25) is 0 Å². The first-order valence-electron chi connectivity index (χ1n) is 8.91. The smallest absolute Gasteiger partial charge is 0.0711 e. The zero-order chi connectivity index (χ0) is 19.0. The van der Waals surface area contributed by atoms with E-state index in [4.69, 9.17) is 28.2 Å². The van der Waals surface area contributed by atoms with Gasteiger partial charge in [-0.3, -0.25) is 4.98 Å². The van der Waals surface area contributed by atoms with Crippen LogP contribution < -0.4 is 0 Å². The molecule has 3 aromatic carbocycles. The standard InChI is InChI=1S/C24H19Cl2N/c1-15-11-16(2)21-14-22(18-5-9-20(26)10-6-18)24(27-23(21)12-15)13-17-3-7-19(25)8-4-17/h3-12,14H,13H2,1-2H3. The Labute approximate surface area is 169 Å². The van der Waals surface area contributed by atoms with Gasteiger partial charge in [-0.2, -0.15) is 0 Å². The van der Waals surface area contributed by atoms with Crippen LogP contribution in [0.25, 0.3) is 22.0 Å². The van der Waals surface area contributed by atoms with Crippen LogP contribution in [0.15, 0.2) is 66.7 Å². The molecule has 1 aromatic heterocycles. The summed E-state index contributed by atoms with van der Waals surface area (Å²) >= 11 is 12.1. The van der Waals surface area contributed by atoms with Crippen LogP contribution in [0.4, 0.5) is 0 Å². The van der Waals surface area contributed by atoms with Gasteiger partial charge in [-0.25, -0.2) is 0 Å². The first-order chi connectivity index (χ1) is 13.0. The Balaban J connectivity index is 1.91. The molecule has 0 radical (unpaired) electrons. The monoisotopic (exact) mass is 391 g/mol. The van der Waals surface area contributed by atoms with E-state index < -0.39 is 0 Å². The number of hydrogen-bond donors (Lipinski definition) is 0. The molecule has 0 saturated carbocycles.